The van der Waals surface area contributed by atoms with Crippen LogP contribution in [-0.2, 0) is 0 Å². The van der Waals surface area contributed by atoms with Crippen molar-refractivity contribution in [1.82, 2.24) is 29.2 Å². The molecule has 8 nitrogen and oxygen atoms in total. The number of hydrogen-bond acceptors (Lipinski definition) is 6. The summed E-state index contributed by atoms with van der Waals surface area (Å²) in [5.41, 5.74) is 14.5. The summed E-state index contributed by atoms with van der Waals surface area (Å²) in [7, 11) is 0. The smallest absolute Gasteiger partial charge is 0.238 e. The van der Waals surface area contributed by atoms with Gasteiger partial charge in [-0.3, -0.25) is 0 Å². The number of nitrogen functional groups attached to an aromatic ring is 1. The van der Waals surface area contributed by atoms with Gasteiger partial charge in [-0.15, -0.1) is 5.10 Å². The summed E-state index contributed by atoms with van der Waals surface area (Å²) in [4.78, 5) is 8.19. The maximum Gasteiger partial charge on any atom is 0.238 e. The molecule has 4 aromatic rings. The van der Waals surface area contributed by atoms with E-state index in [1.54, 1.807) is 21.4 Å². The van der Waals surface area contributed by atoms with Crippen molar-refractivity contribution in [2.24, 2.45) is 11.7 Å². The molecular weight excluding hydrogens is 316 g/mol. The van der Waals surface area contributed by atoms with Crippen molar-refractivity contribution in [3.05, 3.63) is 43.0 Å². The third kappa shape index (κ3) is 3.03. The molecule has 1 aliphatic carbocycles. The lowest BCUT2D eigenvalue weighted by Gasteiger charge is -2.28. The first-order valence-corrected chi connectivity index (χ1v) is 8.26. The van der Waals surface area contributed by atoms with Gasteiger partial charge in [0.2, 0.25) is 5.95 Å². The van der Waals surface area contributed by atoms with Crippen molar-refractivity contribution in [2.45, 2.75) is 25.8 Å². The fourth-order valence-corrected chi connectivity index (χ4v) is 3.05. The molecule has 128 valence electrons. The van der Waals surface area contributed by atoms with Crippen molar-refractivity contribution in [2.75, 3.05) is 5.73 Å². The lowest BCUT2D eigenvalue weighted by Crippen LogP contribution is -2.34. The van der Waals surface area contributed by atoms with Crippen LogP contribution in [0.3, 0.4) is 0 Å². The van der Waals surface area contributed by atoms with Crippen molar-refractivity contribution in [3.8, 4) is 11.3 Å². The molecular formula is C17H20N8. The van der Waals surface area contributed by atoms with E-state index >= 15 is 0 Å². The highest BCUT2D eigenvalue weighted by atomic mass is 15.3. The SMILES string of the molecule is CC1CC(N)C1.Nc1ncc2c(-c3ccc4nccn4n3)ccn2n1. The summed E-state index contributed by atoms with van der Waals surface area (Å²) in [6.07, 6.45) is 9.55. The summed E-state index contributed by atoms with van der Waals surface area (Å²) < 4.78 is 3.43. The highest BCUT2D eigenvalue weighted by molar-refractivity contribution is 5.78. The first-order chi connectivity index (χ1) is 12.1. The van der Waals surface area contributed by atoms with E-state index in [1.807, 2.05) is 30.6 Å². The first-order valence-electron chi connectivity index (χ1n) is 8.26. The van der Waals surface area contributed by atoms with Crippen LogP contribution in [-0.4, -0.2) is 35.2 Å². The Hall–Kier alpha value is -3.00. The van der Waals surface area contributed by atoms with Crippen LogP contribution in [0.25, 0.3) is 22.4 Å². The van der Waals surface area contributed by atoms with Gasteiger partial charge in [-0.25, -0.2) is 19.0 Å². The van der Waals surface area contributed by atoms with Crippen LogP contribution in [0, 0.1) is 5.92 Å². The molecule has 0 saturated heterocycles. The van der Waals surface area contributed by atoms with Crippen LogP contribution < -0.4 is 11.5 Å². The number of hydrogen-bond donors (Lipinski definition) is 2. The molecule has 0 aliphatic heterocycles. The average molecular weight is 336 g/mol. The molecule has 5 rings (SSSR count). The maximum absolute atomic E-state index is 5.56. The Morgan fingerprint density at radius 1 is 1.04 bits per heavy atom. The third-order valence-electron chi connectivity index (χ3n) is 4.38. The highest BCUT2D eigenvalue weighted by Gasteiger charge is 2.20. The normalized spacial score (nSPS) is 19.4. The van der Waals surface area contributed by atoms with Gasteiger partial charge in [-0.1, -0.05) is 6.92 Å². The Morgan fingerprint density at radius 3 is 2.60 bits per heavy atom. The van der Waals surface area contributed by atoms with Gasteiger partial charge in [0.15, 0.2) is 5.65 Å². The Bertz CT molecular complexity index is 1010. The van der Waals surface area contributed by atoms with E-state index in [2.05, 4.69) is 27.1 Å². The fraction of sp³-hybridized carbons (Fsp3) is 0.294. The molecule has 1 aliphatic rings. The Morgan fingerprint density at radius 2 is 1.88 bits per heavy atom. The molecule has 25 heavy (non-hydrogen) atoms. The molecule has 0 unspecified atom stereocenters. The number of rotatable bonds is 1. The van der Waals surface area contributed by atoms with Gasteiger partial charge in [0, 0.05) is 30.2 Å². The van der Waals surface area contributed by atoms with Crippen molar-refractivity contribution < 1.29 is 0 Å². The highest BCUT2D eigenvalue weighted by Crippen LogP contribution is 2.24. The Labute approximate surface area is 144 Å². The number of imidazole rings is 1. The maximum atomic E-state index is 5.56. The average Bonchev–Trinajstić information content (AvgIpc) is 3.19. The van der Waals surface area contributed by atoms with Crippen LogP contribution in [0.4, 0.5) is 5.95 Å². The molecule has 8 heteroatoms. The van der Waals surface area contributed by atoms with E-state index < -0.39 is 0 Å². The lowest BCUT2D eigenvalue weighted by atomic mass is 9.83. The molecule has 4 aromatic heterocycles. The lowest BCUT2D eigenvalue weighted by molar-refractivity contribution is 0.290. The zero-order valence-electron chi connectivity index (χ0n) is 13.9. The predicted molar refractivity (Wildman–Crippen MR) is 95.8 cm³/mol. The second kappa shape index (κ2) is 6.14. The summed E-state index contributed by atoms with van der Waals surface area (Å²) >= 11 is 0. The van der Waals surface area contributed by atoms with E-state index in [4.69, 9.17) is 11.5 Å². The molecule has 0 spiro atoms. The van der Waals surface area contributed by atoms with E-state index in [0.29, 0.717) is 6.04 Å². The van der Waals surface area contributed by atoms with Crippen LogP contribution >= 0.6 is 0 Å². The van der Waals surface area contributed by atoms with Crippen LogP contribution in [0.1, 0.15) is 19.8 Å². The summed E-state index contributed by atoms with van der Waals surface area (Å²) in [6, 6.07) is 6.33. The summed E-state index contributed by atoms with van der Waals surface area (Å²) in [5, 5.41) is 8.61. The monoisotopic (exact) mass is 336 g/mol. The van der Waals surface area contributed by atoms with Crippen LogP contribution in [0.15, 0.2) is 43.0 Å². The largest absolute Gasteiger partial charge is 0.367 e. The fourth-order valence-electron chi connectivity index (χ4n) is 3.05. The molecule has 0 aromatic carbocycles. The van der Waals surface area contributed by atoms with Crippen molar-refractivity contribution in [3.63, 3.8) is 0 Å². The van der Waals surface area contributed by atoms with Gasteiger partial charge in [0.1, 0.15) is 0 Å². The van der Waals surface area contributed by atoms with Crippen molar-refractivity contribution >= 4 is 17.1 Å². The van der Waals surface area contributed by atoms with Gasteiger partial charge in [-0.05, 0) is 37.0 Å². The van der Waals surface area contributed by atoms with Gasteiger partial charge in [0.05, 0.1) is 17.4 Å². The molecule has 0 amide bonds. The summed E-state index contributed by atoms with van der Waals surface area (Å²) in [6.45, 7) is 2.24. The first kappa shape index (κ1) is 15.5. The minimum absolute atomic E-state index is 0.243. The number of nitrogens with zero attached hydrogens (tertiary/aromatic N) is 6. The van der Waals surface area contributed by atoms with E-state index in [9.17, 15) is 0 Å². The third-order valence-corrected chi connectivity index (χ3v) is 4.38. The minimum Gasteiger partial charge on any atom is -0.367 e. The van der Waals surface area contributed by atoms with E-state index in [1.165, 1.54) is 12.8 Å². The standard InChI is InChI=1S/C12H9N7.C5H11N/c13-12-15-7-10-8(3-5-18(10)17-12)9-1-2-11-14-4-6-19(11)16-9;1-4-2-5(6)3-4/h1-7H,(H2,13,17);4-5H,2-3,6H2,1H3. The topological polar surface area (TPSA) is 112 Å². The quantitative estimate of drug-likeness (QED) is 0.548. The molecule has 4 heterocycles. The predicted octanol–water partition coefficient (Wildman–Crippen LogP) is 1.76. The van der Waals surface area contributed by atoms with E-state index in [0.717, 1.165) is 28.3 Å². The van der Waals surface area contributed by atoms with Crippen LogP contribution in [0.5, 0.6) is 0 Å². The number of anilines is 1. The molecule has 0 bridgehead atoms. The van der Waals surface area contributed by atoms with Crippen LogP contribution in [0.2, 0.25) is 0 Å². The van der Waals surface area contributed by atoms with Gasteiger partial charge in [0.25, 0.3) is 0 Å². The van der Waals surface area contributed by atoms with Gasteiger partial charge >= 0.3 is 0 Å². The molecule has 0 radical (unpaired) electrons. The number of nitrogens with two attached hydrogens (primary N) is 2. The molecule has 4 N–H and O–H groups in total. The Balaban J connectivity index is 0.000000223. The number of fused-ring (bicyclic) bond motifs is 2. The second-order valence-corrected chi connectivity index (χ2v) is 6.46. The van der Waals surface area contributed by atoms with Gasteiger partial charge in [-0.2, -0.15) is 5.10 Å². The molecule has 1 fully saturated rings. The van der Waals surface area contributed by atoms with E-state index in [-0.39, 0.29) is 5.95 Å². The second-order valence-electron chi connectivity index (χ2n) is 6.46. The van der Waals surface area contributed by atoms with Gasteiger partial charge < -0.3 is 11.5 Å². The molecule has 1 saturated carbocycles. The number of aromatic nitrogens is 6. The summed E-state index contributed by atoms with van der Waals surface area (Å²) in [5.74, 6) is 1.16. The molecule has 0 atom stereocenters. The zero-order valence-corrected chi connectivity index (χ0v) is 13.9. The Kier molecular flexibility index (Phi) is 3.81. The zero-order chi connectivity index (χ0) is 17.4. The minimum atomic E-state index is 0.243. The van der Waals surface area contributed by atoms with Crippen molar-refractivity contribution in [1.29, 1.82) is 0 Å².